The molecule has 1 aliphatic rings. The number of esters is 1. The van der Waals surface area contributed by atoms with Crippen molar-refractivity contribution in [3.63, 3.8) is 0 Å². The second kappa shape index (κ2) is 7.51. The average molecular weight is 384 g/mol. The first-order chi connectivity index (χ1) is 14.3. The van der Waals surface area contributed by atoms with Crippen LogP contribution in [0.4, 0.5) is 0 Å². The molecule has 0 bridgehead atoms. The standard InChI is InChI=1S/C24H20N2O3/c27-24(28-15-22-25-14-21(29-22)16-8-2-1-3-9-16)23-17-10-4-6-12-19(17)26-20-13-7-5-11-18(20)23/h1-4,6,8-10,12,14H,5,7,11,13,15H2. The van der Waals surface area contributed by atoms with Gasteiger partial charge in [-0.25, -0.2) is 9.78 Å². The second-order valence-corrected chi connectivity index (χ2v) is 7.20. The minimum atomic E-state index is -0.346. The van der Waals surface area contributed by atoms with Crippen molar-refractivity contribution in [1.82, 2.24) is 9.97 Å². The molecule has 0 atom stereocenters. The number of ether oxygens (including phenoxy) is 1. The molecule has 2 aromatic carbocycles. The van der Waals surface area contributed by atoms with Gasteiger partial charge in [-0.05, 0) is 37.3 Å². The number of aromatic nitrogens is 2. The maximum absolute atomic E-state index is 13.1. The number of fused-ring (bicyclic) bond motifs is 2. The summed E-state index contributed by atoms with van der Waals surface area (Å²) in [6.07, 6.45) is 5.58. The van der Waals surface area contributed by atoms with E-state index < -0.39 is 0 Å². The van der Waals surface area contributed by atoms with Crippen molar-refractivity contribution in [2.24, 2.45) is 0 Å². The number of pyridine rings is 1. The molecular weight excluding hydrogens is 364 g/mol. The van der Waals surface area contributed by atoms with E-state index in [1.807, 2.05) is 54.6 Å². The topological polar surface area (TPSA) is 65.2 Å². The third-order valence-electron chi connectivity index (χ3n) is 5.31. The molecule has 0 unspecified atom stereocenters. The normalized spacial score (nSPS) is 13.2. The smallest absolute Gasteiger partial charge is 0.339 e. The zero-order chi connectivity index (χ0) is 19.6. The summed E-state index contributed by atoms with van der Waals surface area (Å²) in [5.74, 6) is 0.689. The fraction of sp³-hybridized carbons (Fsp3) is 0.208. The molecule has 0 aliphatic heterocycles. The Morgan fingerprint density at radius 2 is 1.79 bits per heavy atom. The molecule has 0 fully saturated rings. The quantitative estimate of drug-likeness (QED) is 0.457. The fourth-order valence-corrected chi connectivity index (χ4v) is 3.92. The molecule has 2 aromatic heterocycles. The van der Waals surface area contributed by atoms with Gasteiger partial charge in [0, 0.05) is 16.6 Å². The molecule has 0 radical (unpaired) electrons. The zero-order valence-electron chi connectivity index (χ0n) is 15.9. The van der Waals surface area contributed by atoms with Crippen molar-refractivity contribution in [1.29, 1.82) is 0 Å². The second-order valence-electron chi connectivity index (χ2n) is 7.20. The van der Waals surface area contributed by atoms with Crippen LogP contribution in [0.5, 0.6) is 0 Å². The van der Waals surface area contributed by atoms with Gasteiger partial charge in [0.25, 0.3) is 0 Å². The van der Waals surface area contributed by atoms with Gasteiger partial charge in [0.1, 0.15) is 0 Å². The number of carbonyl (C=O) groups excluding carboxylic acids is 1. The predicted octanol–water partition coefficient (Wildman–Crippen LogP) is 5.13. The predicted molar refractivity (Wildman–Crippen MR) is 109 cm³/mol. The van der Waals surface area contributed by atoms with Gasteiger partial charge in [-0.2, -0.15) is 0 Å². The lowest BCUT2D eigenvalue weighted by Gasteiger charge is -2.19. The maximum atomic E-state index is 13.1. The molecule has 0 N–H and O–H groups in total. The van der Waals surface area contributed by atoms with Crippen LogP contribution in [-0.2, 0) is 24.2 Å². The highest BCUT2D eigenvalue weighted by Gasteiger charge is 2.24. The summed E-state index contributed by atoms with van der Waals surface area (Å²) >= 11 is 0. The van der Waals surface area contributed by atoms with Crippen LogP contribution in [0, 0.1) is 0 Å². The molecule has 5 heteroatoms. The first-order valence-electron chi connectivity index (χ1n) is 9.87. The number of hydrogen-bond acceptors (Lipinski definition) is 5. The van der Waals surface area contributed by atoms with E-state index >= 15 is 0 Å². The lowest BCUT2D eigenvalue weighted by Crippen LogP contribution is -2.15. The number of hydrogen-bond donors (Lipinski definition) is 0. The van der Waals surface area contributed by atoms with Crippen LogP contribution >= 0.6 is 0 Å². The van der Waals surface area contributed by atoms with E-state index in [9.17, 15) is 4.79 Å². The lowest BCUT2D eigenvalue weighted by molar-refractivity contribution is 0.0439. The van der Waals surface area contributed by atoms with Crippen LogP contribution in [0.3, 0.4) is 0 Å². The molecule has 0 saturated heterocycles. The number of carbonyl (C=O) groups is 1. The number of oxazole rings is 1. The Balaban J connectivity index is 1.42. The molecule has 1 aliphatic carbocycles. The highest BCUT2D eigenvalue weighted by atomic mass is 16.5. The van der Waals surface area contributed by atoms with E-state index in [2.05, 4.69) is 4.98 Å². The Morgan fingerprint density at radius 3 is 2.69 bits per heavy atom. The molecule has 144 valence electrons. The van der Waals surface area contributed by atoms with Gasteiger partial charge in [0.05, 0.1) is 17.3 Å². The SMILES string of the molecule is O=C(OCc1ncc(-c2ccccc2)o1)c1c2c(nc3ccccc13)CCCC2. The van der Waals surface area contributed by atoms with Crippen LogP contribution in [0.25, 0.3) is 22.2 Å². The van der Waals surface area contributed by atoms with E-state index in [1.165, 1.54) is 0 Å². The van der Waals surface area contributed by atoms with Crippen molar-refractivity contribution in [3.8, 4) is 11.3 Å². The number of nitrogens with zero attached hydrogens (tertiary/aromatic N) is 2. The largest absolute Gasteiger partial charge is 0.452 e. The number of para-hydroxylation sites is 1. The van der Waals surface area contributed by atoms with Crippen molar-refractivity contribution >= 4 is 16.9 Å². The summed E-state index contributed by atoms with van der Waals surface area (Å²) in [5.41, 5.74) is 4.45. The summed E-state index contributed by atoms with van der Waals surface area (Å²) in [4.78, 5) is 22.1. The highest BCUT2D eigenvalue weighted by molar-refractivity contribution is 6.05. The number of benzene rings is 2. The van der Waals surface area contributed by atoms with Gasteiger partial charge >= 0.3 is 5.97 Å². The van der Waals surface area contributed by atoms with Crippen molar-refractivity contribution in [3.05, 3.63) is 83.5 Å². The van der Waals surface area contributed by atoms with E-state index in [0.29, 0.717) is 17.2 Å². The van der Waals surface area contributed by atoms with Crippen LogP contribution in [0.1, 0.15) is 40.3 Å². The maximum Gasteiger partial charge on any atom is 0.339 e. The van der Waals surface area contributed by atoms with E-state index in [4.69, 9.17) is 14.1 Å². The average Bonchev–Trinajstić information content (AvgIpc) is 3.25. The van der Waals surface area contributed by atoms with Gasteiger partial charge in [-0.1, -0.05) is 48.5 Å². The van der Waals surface area contributed by atoms with Crippen LogP contribution in [0.2, 0.25) is 0 Å². The summed E-state index contributed by atoms with van der Waals surface area (Å²) in [7, 11) is 0. The Labute approximate surface area is 168 Å². The minimum Gasteiger partial charge on any atom is -0.452 e. The van der Waals surface area contributed by atoms with Crippen LogP contribution in [0.15, 0.2) is 65.2 Å². The van der Waals surface area contributed by atoms with Gasteiger partial charge in [0.2, 0.25) is 5.89 Å². The van der Waals surface area contributed by atoms with Crippen LogP contribution < -0.4 is 0 Å². The summed E-state index contributed by atoms with van der Waals surface area (Å²) in [5, 5.41) is 0.843. The third-order valence-corrected chi connectivity index (χ3v) is 5.31. The molecular formula is C24H20N2O3. The van der Waals surface area contributed by atoms with Crippen LogP contribution in [-0.4, -0.2) is 15.9 Å². The van der Waals surface area contributed by atoms with E-state index in [1.54, 1.807) is 6.20 Å². The monoisotopic (exact) mass is 384 g/mol. The first kappa shape index (κ1) is 17.6. The highest BCUT2D eigenvalue weighted by Crippen LogP contribution is 2.30. The Hall–Kier alpha value is -3.47. The van der Waals surface area contributed by atoms with Gasteiger partial charge in [0.15, 0.2) is 12.4 Å². The van der Waals surface area contributed by atoms with E-state index in [-0.39, 0.29) is 12.6 Å². The van der Waals surface area contributed by atoms with Gasteiger partial charge < -0.3 is 9.15 Å². The molecule has 0 spiro atoms. The van der Waals surface area contributed by atoms with Gasteiger partial charge in [-0.3, -0.25) is 4.98 Å². The number of aryl methyl sites for hydroxylation is 1. The Morgan fingerprint density at radius 1 is 1.00 bits per heavy atom. The lowest BCUT2D eigenvalue weighted by atomic mass is 9.90. The van der Waals surface area contributed by atoms with Gasteiger partial charge in [-0.15, -0.1) is 0 Å². The molecule has 5 rings (SSSR count). The summed E-state index contributed by atoms with van der Waals surface area (Å²) in [6, 6.07) is 17.5. The molecule has 0 amide bonds. The molecule has 29 heavy (non-hydrogen) atoms. The molecule has 0 saturated carbocycles. The Kier molecular flexibility index (Phi) is 4.56. The zero-order valence-corrected chi connectivity index (χ0v) is 15.9. The molecule has 4 aromatic rings. The summed E-state index contributed by atoms with van der Waals surface area (Å²) < 4.78 is 11.4. The minimum absolute atomic E-state index is 0.00289. The van der Waals surface area contributed by atoms with E-state index in [0.717, 1.165) is 53.4 Å². The molecule has 2 heterocycles. The van der Waals surface area contributed by atoms with Crippen molar-refractivity contribution in [2.45, 2.75) is 32.3 Å². The third kappa shape index (κ3) is 3.40. The Bertz CT molecular complexity index is 1180. The summed E-state index contributed by atoms with van der Waals surface area (Å²) in [6.45, 7) is -0.00289. The fourth-order valence-electron chi connectivity index (χ4n) is 3.92. The molecule has 5 nitrogen and oxygen atoms in total. The van der Waals surface area contributed by atoms with Crippen molar-refractivity contribution < 1.29 is 13.9 Å². The van der Waals surface area contributed by atoms with Crippen molar-refractivity contribution in [2.75, 3.05) is 0 Å². The number of rotatable bonds is 4. The first-order valence-corrected chi connectivity index (χ1v) is 9.87.